The molecule has 5 nitrogen and oxygen atoms in total. The molecule has 0 aliphatic carbocycles. The molecule has 0 saturated carbocycles. The van der Waals surface area contributed by atoms with Gasteiger partial charge in [0.25, 0.3) is 0 Å². The summed E-state index contributed by atoms with van der Waals surface area (Å²) >= 11 is 5.84. The van der Waals surface area contributed by atoms with E-state index in [9.17, 15) is 13.2 Å². The van der Waals surface area contributed by atoms with Crippen LogP contribution in [0, 0.1) is 5.92 Å². The number of benzene rings is 1. The number of aromatic nitrogens is 2. The van der Waals surface area contributed by atoms with Gasteiger partial charge in [-0.15, -0.1) is 0 Å². The first kappa shape index (κ1) is 19.7. The second-order valence-corrected chi connectivity index (χ2v) is 7.15. The number of rotatable bonds is 5. The third-order valence-electron chi connectivity index (χ3n) is 4.59. The molecule has 0 radical (unpaired) electrons. The zero-order chi connectivity index (χ0) is 19.4. The quantitative estimate of drug-likeness (QED) is 0.766. The Morgan fingerprint density at radius 2 is 1.85 bits per heavy atom. The summed E-state index contributed by atoms with van der Waals surface area (Å²) in [6.07, 6.45) is -1.81. The molecule has 1 aliphatic rings. The Labute approximate surface area is 161 Å². The Hall–Kier alpha value is -2.06. The summed E-state index contributed by atoms with van der Waals surface area (Å²) < 4.78 is 39.9. The summed E-state index contributed by atoms with van der Waals surface area (Å²) in [5.74, 6) is 0.217. The van der Waals surface area contributed by atoms with Gasteiger partial charge in [0.1, 0.15) is 11.4 Å². The number of nitrogens with zero attached hydrogens (tertiary/aromatic N) is 3. The molecule has 0 unspecified atom stereocenters. The summed E-state index contributed by atoms with van der Waals surface area (Å²) in [7, 11) is 2.05. The molecule has 1 aromatic heterocycles. The maximum Gasteiger partial charge on any atom is 0.421 e. The van der Waals surface area contributed by atoms with Crippen LogP contribution < -0.4 is 10.6 Å². The molecule has 146 valence electrons. The van der Waals surface area contributed by atoms with Crippen molar-refractivity contribution in [1.29, 1.82) is 0 Å². The molecular formula is C18H21ClF3N5. The average molecular weight is 400 g/mol. The normalized spacial score (nSPS) is 16.3. The zero-order valence-electron chi connectivity index (χ0n) is 14.9. The van der Waals surface area contributed by atoms with Gasteiger partial charge in [0.05, 0.1) is 0 Å². The predicted molar refractivity (Wildman–Crippen MR) is 100 cm³/mol. The highest BCUT2D eigenvalue weighted by Gasteiger charge is 2.35. The van der Waals surface area contributed by atoms with Gasteiger partial charge in [0.15, 0.2) is 0 Å². The fraction of sp³-hybridized carbons (Fsp3) is 0.444. The van der Waals surface area contributed by atoms with E-state index in [1.165, 1.54) is 0 Å². The highest BCUT2D eigenvalue weighted by Crippen LogP contribution is 2.34. The van der Waals surface area contributed by atoms with Crippen LogP contribution in [0.15, 0.2) is 30.5 Å². The molecule has 0 amide bonds. The molecule has 2 heterocycles. The lowest BCUT2D eigenvalue weighted by Gasteiger charge is -2.29. The standard InChI is InChI=1S/C18H21ClF3N5/c1-27-8-6-12(7-9-27)10-23-16-15(18(20,21)22)11-24-17(26-16)25-14-4-2-13(19)3-5-14/h2-5,11-12H,6-10H2,1H3,(H2,23,24,25,26). The van der Waals surface area contributed by atoms with E-state index in [1.807, 2.05) is 7.05 Å². The van der Waals surface area contributed by atoms with Crippen LogP contribution in [-0.2, 0) is 6.18 Å². The number of alkyl halides is 3. The van der Waals surface area contributed by atoms with E-state index in [0.29, 0.717) is 23.2 Å². The van der Waals surface area contributed by atoms with Gasteiger partial charge in [-0.05, 0) is 63.2 Å². The van der Waals surface area contributed by atoms with Crippen LogP contribution >= 0.6 is 11.6 Å². The zero-order valence-corrected chi connectivity index (χ0v) is 15.6. The second kappa shape index (κ2) is 8.31. The lowest BCUT2D eigenvalue weighted by Crippen LogP contribution is -2.33. The minimum Gasteiger partial charge on any atom is -0.369 e. The van der Waals surface area contributed by atoms with Gasteiger partial charge in [0.2, 0.25) is 5.95 Å². The van der Waals surface area contributed by atoms with Crippen molar-refractivity contribution in [2.45, 2.75) is 19.0 Å². The Balaban J connectivity index is 1.75. The molecular weight excluding hydrogens is 379 g/mol. The van der Waals surface area contributed by atoms with Crippen molar-refractivity contribution in [3.63, 3.8) is 0 Å². The number of piperidine rings is 1. The number of halogens is 4. The van der Waals surface area contributed by atoms with Crippen LogP contribution in [0.1, 0.15) is 18.4 Å². The highest BCUT2D eigenvalue weighted by molar-refractivity contribution is 6.30. The largest absolute Gasteiger partial charge is 0.421 e. The minimum absolute atomic E-state index is 0.0937. The maximum absolute atomic E-state index is 13.3. The molecule has 1 fully saturated rings. The molecule has 3 rings (SSSR count). The fourth-order valence-electron chi connectivity index (χ4n) is 2.95. The van der Waals surface area contributed by atoms with Crippen LogP contribution in [0.25, 0.3) is 0 Å². The van der Waals surface area contributed by atoms with E-state index in [2.05, 4.69) is 25.5 Å². The first-order valence-electron chi connectivity index (χ1n) is 8.70. The maximum atomic E-state index is 13.3. The van der Waals surface area contributed by atoms with E-state index < -0.39 is 11.7 Å². The molecule has 2 N–H and O–H groups in total. The molecule has 1 saturated heterocycles. The topological polar surface area (TPSA) is 53.1 Å². The molecule has 1 aliphatic heterocycles. The van der Waals surface area contributed by atoms with Crippen LogP contribution in [-0.4, -0.2) is 41.5 Å². The summed E-state index contributed by atoms with van der Waals surface area (Å²) in [6, 6.07) is 6.75. The molecule has 27 heavy (non-hydrogen) atoms. The number of anilines is 3. The first-order chi connectivity index (χ1) is 12.8. The van der Waals surface area contributed by atoms with Crippen LogP contribution in [0.5, 0.6) is 0 Å². The highest BCUT2D eigenvalue weighted by atomic mass is 35.5. The van der Waals surface area contributed by atoms with Gasteiger partial charge < -0.3 is 15.5 Å². The van der Waals surface area contributed by atoms with E-state index in [1.54, 1.807) is 24.3 Å². The number of likely N-dealkylation sites (tertiary alicyclic amines) is 1. The molecule has 9 heteroatoms. The van der Waals surface area contributed by atoms with E-state index in [4.69, 9.17) is 11.6 Å². The SMILES string of the molecule is CN1CCC(CNc2nc(Nc3ccc(Cl)cc3)ncc2C(F)(F)F)CC1. The van der Waals surface area contributed by atoms with E-state index in [-0.39, 0.29) is 11.8 Å². The lowest BCUT2D eigenvalue weighted by molar-refractivity contribution is -0.137. The fourth-order valence-corrected chi connectivity index (χ4v) is 3.08. The van der Waals surface area contributed by atoms with Gasteiger partial charge in [-0.1, -0.05) is 11.6 Å². The Morgan fingerprint density at radius 1 is 1.19 bits per heavy atom. The van der Waals surface area contributed by atoms with E-state index >= 15 is 0 Å². The molecule has 0 spiro atoms. The number of hydrogen-bond acceptors (Lipinski definition) is 5. The third kappa shape index (κ3) is 5.46. The van der Waals surface area contributed by atoms with Gasteiger partial charge in [-0.25, -0.2) is 4.98 Å². The minimum atomic E-state index is -4.52. The van der Waals surface area contributed by atoms with Crippen molar-refractivity contribution < 1.29 is 13.2 Å². The molecule has 2 aromatic rings. The first-order valence-corrected chi connectivity index (χ1v) is 9.08. The monoisotopic (exact) mass is 399 g/mol. The second-order valence-electron chi connectivity index (χ2n) is 6.71. The number of hydrogen-bond donors (Lipinski definition) is 2. The summed E-state index contributed by atoms with van der Waals surface area (Å²) in [5.41, 5.74) is -0.225. The Kier molecular flexibility index (Phi) is 6.06. The summed E-state index contributed by atoms with van der Waals surface area (Å²) in [4.78, 5) is 10.1. The Morgan fingerprint density at radius 3 is 2.48 bits per heavy atom. The van der Waals surface area contributed by atoms with Gasteiger partial charge in [-0.2, -0.15) is 18.2 Å². The van der Waals surface area contributed by atoms with Crippen LogP contribution in [0.3, 0.4) is 0 Å². The number of nitrogens with one attached hydrogen (secondary N) is 2. The van der Waals surface area contributed by atoms with Crippen molar-refractivity contribution in [2.24, 2.45) is 5.92 Å². The van der Waals surface area contributed by atoms with Crippen LogP contribution in [0.2, 0.25) is 5.02 Å². The van der Waals surface area contributed by atoms with Crippen LogP contribution in [0.4, 0.5) is 30.6 Å². The summed E-state index contributed by atoms with van der Waals surface area (Å²) in [5, 5.41) is 6.35. The Bertz CT molecular complexity index is 759. The predicted octanol–water partition coefficient (Wildman–Crippen LogP) is 4.65. The molecule has 1 aromatic carbocycles. The van der Waals surface area contributed by atoms with Crippen molar-refractivity contribution in [3.05, 3.63) is 41.0 Å². The van der Waals surface area contributed by atoms with Gasteiger partial charge in [0, 0.05) is 23.5 Å². The molecule has 0 bridgehead atoms. The third-order valence-corrected chi connectivity index (χ3v) is 4.84. The van der Waals surface area contributed by atoms with E-state index in [0.717, 1.165) is 32.1 Å². The summed E-state index contributed by atoms with van der Waals surface area (Å²) in [6.45, 7) is 2.35. The molecule has 0 atom stereocenters. The van der Waals surface area contributed by atoms with Gasteiger partial charge >= 0.3 is 6.18 Å². The van der Waals surface area contributed by atoms with Gasteiger partial charge in [-0.3, -0.25) is 0 Å². The average Bonchev–Trinajstić information content (AvgIpc) is 2.62. The van der Waals surface area contributed by atoms with Crippen molar-refractivity contribution in [2.75, 3.05) is 37.3 Å². The van der Waals surface area contributed by atoms with Crippen molar-refractivity contribution in [1.82, 2.24) is 14.9 Å². The smallest absolute Gasteiger partial charge is 0.369 e. The van der Waals surface area contributed by atoms with Crippen molar-refractivity contribution in [3.8, 4) is 0 Å². The lowest BCUT2D eigenvalue weighted by atomic mass is 9.97. The van der Waals surface area contributed by atoms with Crippen molar-refractivity contribution >= 4 is 29.1 Å².